The molecule has 0 amide bonds. The first kappa shape index (κ1) is 36.8. The number of benzene rings is 4. The fourth-order valence-electron chi connectivity index (χ4n) is 6.14. The van der Waals surface area contributed by atoms with Gasteiger partial charge in [0, 0.05) is 28.6 Å². The molecule has 7 N–H and O–H groups in total. The number of rotatable bonds is 10. The minimum absolute atomic E-state index is 0.00633. The molecule has 55 heavy (non-hydrogen) atoms. The lowest BCUT2D eigenvalue weighted by molar-refractivity contribution is -0.276. The second kappa shape index (κ2) is 15.1. The zero-order valence-electron chi connectivity index (χ0n) is 29.2. The van der Waals surface area contributed by atoms with Gasteiger partial charge in [-0.25, -0.2) is 0 Å². The number of phenols is 3. The van der Waals surface area contributed by atoms with Crippen molar-refractivity contribution in [1.82, 2.24) is 0 Å². The number of hydrogen-bond acceptors (Lipinski definition) is 14. The molecule has 284 valence electrons. The molecule has 0 saturated carbocycles. The maximum atomic E-state index is 12.9. The van der Waals surface area contributed by atoms with Gasteiger partial charge in [-0.3, -0.25) is 4.79 Å². The molecular formula is C40H35O15+. The molecule has 7 rings (SSSR count). The van der Waals surface area contributed by atoms with Crippen LogP contribution in [0, 0.1) is 0 Å². The van der Waals surface area contributed by atoms with Crippen molar-refractivity contribution in [1.29, 1.82) is 0 Å². The second-order valence-corrected chi connectivity index (χ2v) is 12.6. The minimum Gasteiger partial charge on any atom is -0.508 e. The molecule has 0 radical (unpaired) electrons. The highest BCUT2D eigenvalue weighted by Crippen LogP contribution is 2.48. The summed E-state index contributed by atoms with van der Waals surface area (Å²) in [5.74, 6) is -0.736. The van der Waals surface area contributed by atoms with E-state index in [1.807, 2.05) is 0 Å². The van der Waals surface area contributed by atoms with E-state index in [1.54, 1.807) is 30.3 Å². The number of phenolic OH excluding ortho intramolecular Hbond substituents is 3. The molecule has 4 aromatic carbocycles. The number of aliphatic hydroxyl groups excluding tert-OH is 3. The molecule has 0 unspecified atom stereocenters. The Morgan fingerprint density at radius 2 is 1.40 bits per heavy atom. The lowest BCUT2D eigenvalue weighted by atomic mass is 9.99. The predicted octanol–water partition coefficient (Wildman–Crippen LogP) is 4.43. The molecule has 15 heteroatoms. The van der Waals surface area contributed by atoms with Crippen LogP contribution in [0.4, 0.5) is 0 Å². The van der Waals surface area contributed by atoms with E-state index in [1.165, 1.54) is 74.9 Å². The van der Waals surface area contributed by atoms with Crippen LogP contribution in [0.5, 0.6) is 34.5 Å². The van der Waals surface area contributed by atoms with Gasteiger partial charge < -0.3 is 68.0 Å². The fraction of sp³-hybridized carbons (Fsp3) is 0.200. The van der Waals surface area contributed by atoms with E-state index in [0.29, 0.717) is 16.5 Å². The lowest BCUT2D eigenvalue weighted by Gasteiger charge is -2.39. The third-order valence-electron chi connectivity index (χ3n) is 8.97. The highest BCUT2D eigenvalue weighted by Gasteiger charge is 2.47. The summed E-state index contributed by atoms with van der Waals surface area (Å²) >= 11 is 0. The van der Waals surface area contributed by atoms with E-state index in [4.69, 9.17) is 32.5 Å². The Labute approximate surface area is 311 Å². The molecule has 1 aliphatic rings. The third-order valence-corrected chi connectivity index (χ3v) is 8.97. The van der Waals surface area contributed by atoms with Crippen molar-refractivity contribution in [2.75, 3.05) is 20.8 Å². The molecule has 1 aliphatic heterocycles. The number of esters is 1. The van der Waals surface area contributed by atoms with Gasteiger partial charge in [-0.1, -0.05) is 12.1 Å². The Morgan fingerprint density at radius 3 is 2.04 bits per heavy atom. The van der Waals surface area contributed by atoms with Gasteiger partial charge in [0.25, 0.3) is 0 Å². The topological polar surface area (TPSA) is 232 Å². The summed E-state index contributed by atoms with van der Waals surface area (Å²) in [6, 6.07) is 19.2. The van der Waals surface area contributed by atoms with E-state index < -0.39 is 48.7 Å². The molecule has 6 aromatic rings. The van der Waals surface area contributed by atoms with E-state index in [9.17, 15) is 40.2 Å². The largest absolute Gasteiger partial charge is 0.510 e. The van der Waals surface area contributed by atoms with Gasteiger partial charge >= 0.3 is 5.97 Å². The number of ether oxygens (including phenoxy) is 5. The van der Waals surface area contributed by atoms with Gasteiger partial charge in [-0.15, -0.1) is 0 Å². The summed E-state index contributed by atoms with van der Waals surface area (Å²) in [6.45, 7) is -0.500. The molecule has 2 aromatic heterocycles. The van der Waals surface area contributed by atoms with Crippen LogP contribution in [0.15, 0.2) is 98.6 Å². The van der Waals surface area contributed by atoms with Gasteiger partial charge in [-0.05, 0) is 66.2 Å². The van der Waals surface area contributed by atoms with E-state index >= 15 is 0 Å². The minimum atomic E-state index is -1.85. The Morgan fingerprint density at radius 1 is 0.782 bits per heavy atom. The molecule has 0 bridgehead atoms. The Bertz CT molecular complexity index is 2420. The van der Waals surface area contributed by atoms with Crippen molar-refractivity contribution < 1.29 is 68.0 Å². The summed E-state index contributed by atoms with van der Waals surface area (Å²) in [4.78, 5) is 23.3. The van der Waals surface area contributed by atoms with Crippen LogP contribution >= 0.6 is 0 Å². The molecule has 15 nitrogen and oxygen atoms in total. The summed E-state index contributed by atoms with van der Waals surface area (Å²) in [7, 11) is 2.66. The van der Waals surface area contributed by atoms with Crippen molar-refractivity contribution in [3.63, 3.8) is 0 Å². The quantitative estimate of drug-likeness (QED) is 0.0646. The maximum Gasteiger partial charge on any atom is 0.510 e. The molecule has 5 atom stereocenters. The van der Waals surface area contributed by atoms with Crippen LogP contribution in [0.3, 0.4) is 0 Å². The average molecular weight is 756 g/mol. The lowest BCUT2D eigenvalue weighted by Crippen LogP contribution is -2.60. The van der Waals surface area contributed by atoms with Crippen molar-refractivity contribution in [3.8, 4) is 57.1 Å². The molecule has 1 fully saturated rings. The van der Waals surface area contributed by atoms with Crippen molar-refractivity contribution in [3.05, 3.63) is 101 Å². The Balaban J connectivity index is 1.32. The number of hydrogen-bond donors (Lipinski definition) is 6. The summed E-state index contributed by atoms with van der Waals surface area (Å²) in [6.07, 6.45) is -5.68. The number of carbonyl (C=O) groups excluding carboxylic acids is 1. The van der Waals surface area contributed by atoms with Crippen LogP contribution in [0.2, 0.25) is 0 Å². The van der Waals surface area contributed by atoms with Gasteiger partial charge in [0.15, 0.2) is 34.5 Å². The summed E-state index contributed by atoms with van der Waals surface area (Å²) < 4.78 is 41.0. The van der Waals surface area contributed by atoms with Crippen LogP contribution in [0.1, 0.15) is 5.56 Å². The van der Waals surface area contributed by atoms with Crippen molar-refractivity contribution in [2.45, 2.75) is 30.7 Å². The van der Waals surface area contributed by atoms with Gasteiger partial charge in [0.05, 0.1) is 25.7 Å². The fourth-order valence-corrected chi connectivity index (χ4v) is 6.14. The molecule has 1 saturated heterocycles. The highest BCUT2D eigenvalue weighted by molar-refractivity contribution is 6.10. The van der Waals surface area contributed by atoms with Crippen LogP contribution < -0.4 is 19.6 Å². The normalized spacial score (nSPS) is 19.8. The van der Waals surface area contributed by atoms with E-state index in [2.05, 4.69) is 0 Å². The zero-order valence-corrected chi connectivity index (χ0v) is 29.2. The summed E-state index contributed by atoms with van der Waals surface area (Å²) in [5.41, 5.74) is 1.09. The first-order valence-corrected chi connectivity index (χ1v) is 16.8. The molecule has 0 spiro atoms. The standard InChI is InChI=1S/C40H34O15/c1-49-29-13-21(14-30(50-2)34(29)45)38-39(25-17-26(20-6-10-23(42)11-7-20)52-27-15-24(43)16-28(53-38)33(25)27)55-40-37(48)36(47)35(46)31(54-40)18-51-32(44)12-5-19-3-8-22(41)9-4-19/h3-17,31,35-37,40-42,45-48H,18H2,1-2H3/p+1/t31-,35-,36+,37-,40+/m1/s1. The second-order valence-electron chi connectivity index (χ2n) is 12.6. The average Bonchev–Trinajstić information content (AvgIpc) is 3.18. The van der Waals surface area contributed by atoms with Crippen LogP contribution in [0.25, 0.3) is 50.7 Å². The Kier molecular flexibility index (Phi) is 10.1. The van der Waals surface area contributed by atoms with Gasteiger partial charge in [0.1, 0.15) is 46.7 Å². The first-order valence-electron chi connectivity index (χ1n) is 16.8. The predicted molar refractivity (Wildman–Crippen MR) is 197 cm³/mol. The van der Waals surface area contributed by atoms with Crippen molar-refractivity contribution in [2.24, 2.45) is 0 Å². The number of methoxy groups -OCH3 is 2. The maximum absolute atomic E-state index is 12.9. The van der Waals surface area contributed by atoms with Gasteiger partial charge in [-0.2, -0.15) is 0 Å². The molecule has 3 heterocycles. The van der Waals surface area contributed by atoms with E-state index in [-0.39, 0.29) is 68.1 Å². The van der Waals surface area contributed by atoms with Crippen LogP contribution in [-0.4, -0.2) is 92.9 Å². The molecule has 0 aliphatic carbocycles. The van der Waals surface area contributed by atoms with Crippen molar-refractivity contribution >= 4 is 34.0 Å². The highest BCUT2D eigenvalue weighted by atomic mass is 16.7. The Hall–Kier alpha value is -6.52. The smallest absolute Gasteiger partial charge is 0.508 e. The number of aromatic hydroxyl groups is 3. The zero-order chi connectivity index (χ0) is 39.0. The van der Waals surface area contributed by atoms with Gasteiger partial charge in [0.2, 0.25) is 18.6 Å². The van der Waals surface area contributed by atoms with Crippen LogP contribution in [-0.2, 0) is 9.47 Å². The first-order chi connectivity index (χ1) is 26.4. The monoisotopic (exact) mass is 755 g/mol. The summed E-state index contributed by atoms with van der Waals surface area (Å²) in [5, 5.41) is 63.7. The SMILES string of the molecule is COc1cc(-c2oc3cc(=O)cc4oc(-c5ccc(O)cc5)cc(c2O[C@@H]2O[C@H](COC(=[OH+])C=Cc5ccc(O)cc5)[C@@H](O)[C@H](O)[C@H]2O)c43)cc(OC)c1O. The third kappa shape index (κ3) is 7.36. The van der Waals surface area contributed by atoms with E-state index in [0.717, 1.165) is 0 Å². The number of aliphatic hydroxyl groups is 3. The molecular weight excluding hydrogens is 720 g/mol.